The van der Waals surface area contributed by atoms with E-state index >= 15 is 0 Å². The summed E-state index contributed by atoms with van der Waals surface area (Å²) in [5.74, 6) is 2.63. The Labute approximate surface area is 122 Å². The molecule has 0 aliphatic carbocycles. The zero-order valence-electron chi connectivity index (χ0n) is 10.3. The average Bonchev–Trinajstić information content (AvgIpc) is 2.42. The minimum Gasteiger partial charge on any atom is -0.341 e. The van der Waals surface area contributed by atoms with Crippen molar-refractivity contribution in [1.82, 2.24) is 4.90 Å². The van der Waals surface area contributed by atoms with Gasteiger partial charge in [0.05, 0.1) is 0 Å². The first-order valence-corrected chi connectivity index (χ1v) is 6.86. The molecule has 0 radical (unpaired) electrons. The molecule has 1 aromatic carbocycles. The molecule has 0 unspecified atom stereocenters. The second-order valence-electron chi connectivity index (χ2n) is 3.98. The second kappa shape index (κ2) is 5.45. The highest BCUT2D eigenvalue weighted by Crippen LogP contribution is 2.33. The third-order valence-corrected chi connectivity index (χ3v) is 3.93. The molecule has 1 nitrogen and oxygen atoms in total. The van der Waals surface area contributed by atoms with E-state index in [0.29, 0.717) is 0 Å². The van der Waals surface area contributed by atoms with Gasteiger partial charge in [0, 0.05) is 27.1 Å². The number of likely N-dealkylation sites (N-methyl/N-ethyl adjacent to an activating group) is 1. The van der Waals surface area contributed by atoms with Gasteiger partial charge in [0.25, 0.3) is 0 Å². The van der Waals surface area contributed by atoms with Crippen molar-refractivity contribution in [2.24, 2.45) is 0 Å². The lowest BCUT2D eigenvalue weighted by Crippen LogP contribution is -2.22. The molecule has 1 aliphatic heterocycles. The summed E-state index contributed by atoms with van der Waals surface area (Å²) in [5, 5.41) is 0. The first kappa shape index (κ1) is 13.0. The van der Waals surface area contributed by atoms with Gasteiger partial charge in [0.2, 0.25) is 0 Å². The maximum Gasteiger partial charge on any atom is 0.0484 e. The van der Waals surface area contributed by atoms with Gasteiger partial charge in [0.15, 0.2) is 0 Å². The van der Waals surface area contributed by atoms with Crippen LogP contribution in [0.2, 0.25) is 0 Å². The zero-order chi connectivity index (χ0) is 13.1. The number of allylic oxidation sites excluding steroid dienone is 3. The molecule has 0 aromatic heterocycles. The number of rotatable bonds is 2. The molecule has 0 amide bonds. The predicted octanol–water partition coefficient (Wildman–Crippen LogP) is 4.18. The summed E-state index contributed by atoms with van der Waals surface area (Å²) >= 11 is 2.31. The van der Waals surface area contributed by atoms with Crippen LogP contribution >= 0.6 is 22.6 Å². The summed E-state index contributed by atoms with van der Waals surface area (Å²) in [4.78, 5) is 2.21. The average molecular weight is 347 g/mol. The third kappa shape index (κ3) is 2.37. The Morgan fingerprint density at radius 2 is 1.94 bits per heavy atom. The van der Waals surface area contributed by atoms with Gasteiger partial charge in [-0.25, -0.2) is 0 Å². The van der Waals surface area contributed by atoms with Crippen LogP contribution in [-0.4, -0.2) is 11.4 Å². The topological polar surface area (TPSA) is 3.24 Å². The van der Waals surface area contributed by atoms with Crippen LogP contribution < -0.4 is 0 Å². The molecule has 1 aromatic rings. The van der Waals surface area contributed by atoms with E-state index < -0.39 is 0 Å². The number of halogens is 1. The molecule has 2 heteroatoms. The Hall–Kier alpha value is -1.47. The van der Waals surface area contributed by atoms with Gasteiger partial charge in [0.1, 0.15) is 0 Å². The quantitative estimate of drug-likeness (QED) is 0.573. The highest BCUT2D eigenvalue weighted by molar-refractivity contribution is 14.1. The van der Waals surface area contributed by atoms with Crippen LogP contribution in [0.1, 0.15) is 18.1 Å². The van der Waals surface area contributed by atoms with Crippen LogP contribution in [-0.2, 0) is 0 Å². The van der Waals surface area contributed by atoms with Gasteiger partial charge >= 0.3 is 0 Å². The van der Waals surface area contributed by atoms with Crippen molar-refractivity contribution in [1.29, 1.82) is 0 Å². The summed E-state index contributed by atoms with van der Waals surface area (Å²) in [6.07, 6.45) is 9.60. The normalized spacial score (nSPS) is 14.9. The van der Waals surface area contributed by atoms with E-state index in [1.807, 2.05) is 12.1 Å². The number of hydrogen-bond donors (Lipinski definition) is 0. The van der Waals surface area contributed by atoms with Gasteiger partial charge in [-0.05, 0) is 59.4 Å². The Bertz CT molecular complexity index is 570. The van der Waals surface area contributed by atoms with E-state index in [9.17, 15) is 0 Å². The van der Waals surface area contributed by atoms with Crippen molar-refractivity contribution in [3.8, 4) is 12.3 Å². The lowest BCUT2D eigenvalue weighted by molar-refractivity contribution is 0.529. The molecule has 0 fully saturated rings. The lowest BCUT2D eigenvalue weighted by Gasteiger charge is -2.30. The highest BCUT2D eigenvalue weighted by Gasteiger charge is 2.17. The minimum atomic E-state index is 0.905. The smallest absolute Gasteiger partial charge is 0.0484 e. The monoisotopic (exact) mass is 347 g/mol. The van der Waals surface area contributed by atoms with Crippen LogP contribution in [0, 0.1) is 12.3 Å². The van der Waals surface area contributed by atoms with Crippen LogP contribution in [0.4, 0.5) is 0 Å². The third-order valence-electron chi connectivity index (χ3n) is 2.94. The van der Waals surface area contributed by atoms with Gasteiger partial charge < -0.3 is 4.90 Å². The molecule has 1 heterocycles. The number of hydrogen-bond acceptors (Lipinski definition) is 1. The first-order chi connectivity index (χ1) is 8.67. The van der Waals surface area contributed by atoms with Crippen molar-refractivity contribution >= 4 is 28.3 Å². The minimum absolute atomic E-state index is 0.905. The summed E-state index contributed by atoms with van der Waals surface area (Å²) in [6.45, 7) is 7.17. The fourth-order valence-corrected chi connectivity index (χ4v) is 2.43. The standard InChI is InChI=1S/C16H14IN/c1-4-13-6-8-14(9-7-13)16-11-10-15(17)12(3)18(16)5-2/h1,6-11H,3,5H2,2H3. The Morgan fingerprint density at radius 3 is 2.50 bits per heavy atom. The van der Waals surface area contributed by atoms with Crippen LogP contribution in [0.3, 0.4) is 0 Å². The molecule has 0 atom stereocenters. The van der Waals surface area contributed by atoms with Crippen molar-refractivity contribution in [2.75, 3.05) is 6.54 Å². The lowest BCUT2D eigenvalue weighted by atomic mass is 10.1. The van der Waals surface area contributed by atoms with Gasteiger partial charge in [-0.15, -0.1) is 6.42 Å². The van der Waals surface area contributed by atoms with E-state index in [2.05, 4.69) is 71.2 Å². The Morgan fingerprint density at radius 1 is 1.28 bits per heavy atom. The summed E-state index contributed by atoms with van der Waals surface area (Å²) in [5.41, 5.74) is 4.29. The molecular formula is C16H14IN. The molecule has 0 bridgehead atoms. The molecule has 1 aliphatic rings. The highest BCUT2D eigenvalue weighted by atomic mass is 127. The summed E-state index contributed by atoms with van der Waals surface area (Å²) in [7, 11) is 0. The van der Waals surface area contributed by atoms with Crippen molar-refractivity contribution < 1.29 is 0 Å². The maximum absolute atomic E-state index is 5.37. The molecular weight excluding hydrogens is 333 g/mol. The molecule has 0 N–H and O–H groups in total. The Balaban J connectivity index is 2.42. The predicted molar refractivity (Wildman–Crippen MR) is 86.0 cm³/mol. The molecule has 90 valence electrons. The number of nitrogens with zero attached hydrogens (tertiary/aromatic N) is 1. The molecule has 0 saturated heterocycles. The first-order valence-electron chi connectivity index (χ1n) is 5.78. The van der Waals surface area contributed by atoms with E-state index in [1.165, 1.54) is 9.28 Å². The maximum atomic E-state index is 5.37. The van der Waals surface area contributed by atoms with Gasteiger partial charge in [-0.3, -0.25) is 0 Å². The van der Waals surface area contributed by atoms with Gasteiger partial charge in [-0.2, -0.15) is 0 Å². The largest absolute Gasteiger partial charge is 0.341 e. The second-order valence-corrected chi connectivity index (χ2v) is 5.14. The van der Waals surface area contributed by atoms with E-state index in [1.54, 1.807) is 0 Å². The summed E-state index contributed by atoms with van der Waals surface area (Å²) < 4.78 is 1.18. The number of terminal acetylenes is 1. The fourth-order valence-electron chi connectivity index (χ4n) is 1.96. The van der Waals surface area contributed by atoms with Crippen LogP contribution in [0.25, 0.3) is 5.70 Å². The Kier molecular flexibility index (Phi) is 3.93. The summed E-state index contributed by atoms with van der Waals surface area (Å²) in [6, 6.07) is 8.05. The zero-order valence-corrected chi connectivity index (χ0v) is 12.4. The molecule has 18 heavy (non-hydrogen) atoms. The SMILES string of the molecule is C#Cc1ccc(C2=CC=C(I)C(=C)N2CC)cc1. The fraction of sp³-hybridized carbons (Fsp3) is 0.125. The molecule has 0 saturated carbocycles. The van der Waals surface area contributed by atoms with Crippen molar-refractivity contribution in [2.45, 2.75) is 6.92 Å². The number of benzene rings is 1. The van der Waals surface area contributed by atoms with Crippen LogP contribution in [0.5, 0.6) is 0 Å². The molecule has 2 rings (SSSR count). The van der Waals surface area contributed by atoms with E-state index in [0.717, 1.165) is 23.4 Å². The van der Waals surface area contributed by atoms with Crippen molar-refractivity contribution in [3.05, 3.63) is 63.4 Å². The van der Waals surface area contributed by atoms with E-state index in [4.69, 9.17) is 6.42 Å². The van der Waals surface area contributed by atoms with Gasteiger partial charge in [-0.1, -0.05) is 24.6 Å². The van der Waals surface area contributed by atoms with Crippen LogP contribution in [0.15, 0.2) is 52.3 Å². The van der Waals surface area contributed by atoms with Crippen molar-refractivity contribution in [3.63, 3.8) is 0 Å². The van der Waals surface area contributed by atoms with E-state index in [-0.39, 0.29) is 0 Å². The molecule has 0 spiro atoms.